The van der Waals surface area contributed by atoms with Crippen molar-refractivity contribution in [3.05, 3.63) is 0 Å². The molecule has 2 fully saturated rings. The van der Waals surface area contributed by atoms with Crippen LogP contribution in [0.2, 0.25) is 0 Å². The molecular weight excluding hydrogens is 328 g/mol. The molecule has 6 atom stereocenters. The lowest BCUT2D eigenvalue weighted by molar-refractivity contribution is -0.157. The summed E-state index contributed by atoms with van der Waals surface area (Å²) in [7, 11) is 0. The van der Waals surface area contributed by atoms with Gasteiger partial charge in [-0.05, 0) is 48.9 Å². The number of ketones is 2. The van der Waals surface area contributed by atoms with Crippen molar-refractivity contribution in [2.75, 3.05) is 0 Å². The first-order valence-electron chi connectivity index (χ1n) is 10.6. The van der Waals surface area contributed by atoms with E-state index in [0.717, 1.165) is 38.5 Å². The molecule has 2 aliphatic carbocycles. The summed E-state index contributed by atoms with van der Waals surface area (Å²) in [5.41, 5.74) is 0. The molecule has 0 bridgehead atoms. The molecule has 4 unspecified atom stereocenters. The average molecular weight is 365 g/mol. The van der Waals surface area contributed by atoms with E-state index in [1.165, 1.54) is 0 Å². The van der Waals surface area contributed by atoms with Crippen molar-refractivity contribution in [1.82, 2.24) is 0 Å². The number of hydrogen-bond donors (Lipinski definition) is 1. The van der Waals surface area contributed by atoms with Crippen molar-refractivity contribution < 1.29 is 19.5 Å². The van der Waals surface area contributed by atoms with Gasteiger partial charge in [0, 0.05) is 6.42 Å². The fourth-order valence-corrected chi connectivity index (χ4v) is 5.45. The molecule has 4 nitrogen and oxygen atoms in total. The average Bonchev–Trinajstić information content (AvgIpc) is 2.54. The van der Waals surface area contributed by atoms with Gasteiger partial charge in [-0.1, -0.05) is 53.4 Å². The fourth-order valence-electron chi connectivity index (χ4n) is 5.45. The first-order valence-corrected chi connectivity index (χ1v) is 10.6. The van der Waals surface area contributed by atoms with E-state index in [1.807, 2.05) is 0 Å². The molecule has 0 aromatic carbocycles. The maximum atomic E-state index is 13.2. The molecule has 2 aliphatic rings. The highest BCUT2D eigenvalue weighted by Crippen LogP contribution is 2.46. The third kappa shape index (κ3) is 4.55. The normalized spacial score (nSPS) is 35.7. The lowest BCUT2D eigenvalue weighted by Gasteiger charge is -2.43. The predicted molar refractivity (Wildman–Crippen MR) is 102 cm³/mol. The topological polar surface area (TPSA) is 71.4 Å². The summed E-state index contributed by atoms with van der Waals surface area (Å²) in [6.07, 6.45) is 6.95. The van der Waals surface area contributed by atoms with Gasteiger partial charge in [0.2, 0.25) is 0 Å². The molecule has 0 aromatic heterocycles. The van der Waals surface area contributed by atoms with Crippen LogP contribution in [0.5, 0.6) is 0 Å². The van der Waals surface area contributed by atoms with Crippen LogP contribution in [-0.2, 0) is 14.4 Å². The maximum Gasteiger partial charge on any atom is 0.314 e. The Hall–Kier alpha value is -1.19. The largest absolute Gasteiger partial charge is 0.481 e. The predicted octanol–water partition coefficient (Wildman–Crippen LogP) is 4.75. The van der Waals surface area contributed by atoms with Gasteiger partial charge in [-0.3, -0.25) is 14.4 Å². The molecule has 2 rings (SSSR count). The summed E-state index contributed by atoms with van der Waals surface area (Å²) in [4.78, 5) is 38.1. The first kappa shape index (κ1) is 21.1. The van der Waals surface area contributed by atoms with E-state index >= 15 is 0 Å². The standard InChI is InChI=1S/C22H36O4/c1-5-6-7-8-15-12-18(23)20(21(24)19(15)22(25)26)17-11-14(4)9-10-16(17)13(2)3/h13-17,19-20H,5-12H2,1-4H3,(H,25,26)/t14?,15?,16-,17+,19?,20?/m0/s1. The van der Waals surface area contributed by atoms with Crippen molar-refractivity contribution >= 4 is 17.5 Å². The zero-order valence-electron chi connectivity index (χ0n) is 16.9. The van der Waals surface area contributed by atoms with E-state index in [4.69, 9.17) is 0 Å². The van der Waals surface area contributed by atoms with Crippen LogP contribution in [-0.4, -0.2) is 22.6 Å². The van der Waals surface area contributed by atoms with E-state index in [9.17, 15) is 19.5 Å². The van der Waals surface area contributed by atoms with Gasteiger partial charge in [0.15, 0.2) is 5.78 Å². The monoisotopic (exact) mass is 364 g/mol. The molecule has 26 heavy (non-hydrogen) atoms. The molecule has 148 valence electrons. The van der Waals surface area contributed by atoms with Crippen LogP contribution in [0, 0.1) is 41.4 Å². The Bertz CT molecular complexity index is 524. The van der Waals surface area contributed by atoms with Gasteiger partial charge in [0.25, 0.3) is 0 Å². The third-order valence-electron chi connectivity index (χ3n) is 6.84. The number of carbonyl (C=O) groups is 3. The zero-order valence-corrected chi connectivity index (χ0v) is 16.9. The van der Waals surface area contributed by atoms with E-state index < -0.39 is 17.8 Å². The number of aliphatic carboxylic acids is 1. The lowest BCUT2D eigenvalue weighted by atomic mass is 9.59. The van der Waals surface area contributed by atoms with Crippen LogP contribution in [0.1, 0.15) is 79.1 Å². The molecule has 2 saturated carbocycles. The van der Waals surface area contributed by atoms with Crippen LogP contribution >= 0.6 is 0 Å². The molecule has 0 heterocycles. The number of unbranched alkanes of at least 4 members (excludes halogenated alkanes) is 2. The Morgan fingerprint density at radius 2 is 1.88 bits per heavy atom. The minimum absolute atomic E-state index is 0.0127. The third-order valence-corrected chi connectivity index (χ3v) is 6.84. The van der Waals surface area contributed by atoms with E-state index in [0.29, 0.717) is 24.2 Å². The van der Waals surface area contributed by atoms with Crippen molar-refractivity contribution in [1.29, 1.82) is 0 Å². The van der Waals surface area contributed by atoms with Gasteiger partial charge >= 0.3 is 5.97 Å². The molecule has 0 aliphatic heterocycles. The highest BCUT2D eigenvalue weighted by Gasteiger charge is 2.51. The zero-order chi connectivity index (χ0) is 19.4. The molecule has 0 saturated heterocycles. The van der Waals surface area contributed by atoms with Crippen molar-refractivity contribution in [3.63, 3.8) is 0 Å². The Morgan fingerprint density at radius 3 is 2.46 bits per heavy atom. The first-order chi connectivity index (χ1) is 12.3. The van der Waals surface area contributed by atoms with Crippen molar-refractivity contribution in [2.24, 2.45) is 41.4 Å². The van der Waals surface area contributed by atoms with Gasteiger partial charge in [0.1, 0.15) is 11.7 Å². The second-order valence-electron chi connectivity index (χ2n) is 9.11. The molecule has 4 heteroatoms. The van der Waals surface area contributed by atoms with E-state index in [-0.39, 0.29) is 29.8 Å². The number of hydrogen-bond acceptors (Lipinski definition) is 3. The summed E-state index contributed by atoms with van der Waals surface area (Å²) >= 11 is 0. The van der Waals surface area contributed by atoms with E-state index in [1.54, 1.807) is 0 Å². The van der Waals surface area contributed by atoms with Gasteiger partial charge in [-0.25, -0.2) is 0 Å². The van der Waals surface area contributed by atoms with Crippen molar-refractivity contribution in [2.45, 2.75) is 79.1 Å². The Kier molecular flexibility index (Phi) is 7.42. The molecule has 0 spiro atoms. The van der Waals surface area contributed by atoms with Crippen LogP contribution in [0.3, 0.4) is 0 Å². The van der Waals surface area contributed by atoms with Crippen LogP contribution < -0.4 is 0 Å². The van der Waals surface area contributed by atoms with Crippen molar-refractivity contribution in [3.8, 4) is 0 Å². The smallest absolute Gasteiger partial charge is 0.314 e. The van der Waals surface area contributed by atoms with Crippen LogP contribution in [0.4, 0.5) is 0 Å². The Balaban J connectivity index is 2.24. The number of Topliss-reactive ketones (excluding diaryl/α,β-unsaturated/α-hetero) is 2. The van der Waals surface area contributed by atoms with Gasteiger partial charge < -0.3 is 5.11 Å². The molecule has 0 radical (unpaired) electrons. The van der Waals surface area contributed by atoms with Gasteiger partial charge in [0.05, 0.1) is 5.92 Å². The van der Waals surface area contributed by atoms with Crippen LogP contribution in [0.25, 0.3) is 0 Å². The second kappa shape index (κ2) is 9.14. The molecule has 0 aromatic rings. The summed E-state index contributed by atoms with van der Waals surface area (Å²) in [6.45, 7) is 8.60. The summed E-state index contributed by atoms with van der Waals surface area (Å²) in [5, 5.41) is 9.73. The van der Waals surface area contributed by atoms with Gasteiger partial charge in [-0.2, -0.15) is 0 Å². The fraction of sp³-hybridized carbons (Fsp3) is 0.864. The molecule has 0 amide bonds. The molecular formula is C22H36O4. The number of carbonyl (C=O) groups excluding carboxylic acids is 2. The highest BCUT2D eigenvalue weighted by molar-refractivity contribution is 6.12. The molecule has 1 N–H and O–H groups in total. The number of carboxylic acid groups (broad SMARTS) is 1. The minimum atomic E-state index is -1.03. The number of rotatable bonds is 7. The lowest BCUT2D eigenvalue weighted by Crippen LogP contribution is -2.50. The Labute approximate surface area is 158 Å². The maximum absolute atomic E-state index is 13.2. The summed E-state index contributed by atoms with van der Waals surface area (Å²) in [6, 6.07) is 0. The quantitative estimate of drug-likeness (QED) is 0.523. The van der Waals surface area contributed by atoms with E-state index in [2.05, 4.69) is 27.7 Å². The summed E-state index contributed by atoms with van der Waals surface area (Å²) in [5.74, 6) is -2.01. The Morgan fingerprint density at radius 1 is 1.19 bits per heavy atom. The van der Waals surface area contributed by atoms with Crippen LogP contribution in [0.15, 0.2) is 0 Å². The minimum Gasteiger partial charge on any atom is -0.481 e. The second-order valence-corrected chi connectivity index (χ2v) is 9.11. The SMILES string of the molecule is CCCCCC1CC(=O)C([C@@H]2CC(C)CC[C@H]2C(C)C)C(=O)C1C(=O)O. The number of carboxylic acids is 1. The summed E-state index contributed by atoms with van der Waals surface area (Å²) < 4.78 is 0. The highest BCUT2D eigenvalue weighted by atomic mass is 16.4. The van der Waals surface area contributed by atoms with Gasteiger partial charge in [-0.15, -0.1) is 0 Å².